The minimum absolute atomic E-state index is 0.169. The minimum atomic E-state index is 0.169. The van der Waals surface area contributed by atoms with Crippen molar-refractivity contribution in [3.8, 4) is 5.88 Å². The number of aromatic nitrogens is 1. The summed E-state index contributed by atoms with van der Waals surface area (Å²) in [6.45, 7) is 0.169. The normalized spacial score (nSPS) is 9.83. The average molecular weight is 185 g/mol. The van der Waals surface area contributed by atoms with Crippen LogP contribution < -0.4 is 4.74 Å². The van der Waals surface area contributed by atoms with Crippen LogP contribution in [0.15, 0.2) is 23.2 Å². The summed E-state index contributed by atoms with van der Waals surface area (Å²) in [4.78, 5) is 4.99. The van der Waals surface area contributed by atoms with Gasteiger partial charge in [0.2, 0.25) is 5.88 Å². The van der Waals surface area contributed by atoms with Crippen LogP contribution in [0.1, 0.15) is 0 Å². The highest BCUT2D eigenvalue weighted by atomic mass is 32.2. The van der Waals surface area contributed by atoms with Gasteiger partial charge in [0, 0.05) is 11.9 Å². The van der Waals surface area contributed by atoms with E-state index in [2.05, 4.69) is 4.98 Å². The molecule has 0 amide bonds. The molecule has 0 aromatic carbocycles. The van der Waals surface area contributed by atoms with E-state index in [0.29, 0.717) is 11.6 Å². The Morgan fingerprint density at radius 1 is 1.67 bits per heavy atom. The number of hydrogen-bond donors (Lipinski definition) is 1. The van der Waals surface area contributed by atoms with Gasteiger partial charge in [-0.1, -0.05) is 0 Å². The van der Waals surface area contributed by atoms with E-state index < -0.39 is 0 Å². The summed E-state index contributed by atoms with van der Waals surface area (Å²) >= 11 is 1.53. The van der Waals surface area contributed by atoms with E-state index in [1.807, 2.05) is 12.1 Å². The first kappa shape index (κ1) is 9.35. The monoisotopic (exact) mass is 185 g/mol. The Hall–Kier alpha value is -0.740. The molecule has 0 saturated carbocycles. The van der Waals surface area contributed by atoms with Crippen molar-refractivity contribution in [2.24, 2.45) is 0 Å². The number of hydrogen-bond acceptors (Lipinski definition) is 4. The minimum Gasteiger partial charge on any atom is -0.480 e. The molecule has 0 aliphatic carbocycles. The van der Waals surface area contributed by atoms with Crippen LogP contribution >= 0.6 is 11.8 Å². The molecule has 66 valence electrons. The number of rotatable bonds is 4. The van der Waals surface area contributed by atoms with E-state index in [0.717, 1.165) is 4.90 Å². The average Bonchev–Trinajstić information content (AvgIpc) is 2.15. The van der Waals surface area contributed by atoms with E-state index >= 15 is 0 Å². The molecule has 1 N–H and O–H groups in total. The summed E-state index contributed by atoms with van der Waals surface area (Å²) in [6, 6.07) is 3.77. The van der Waals surface area contributed by atoms with Crippen molar-refractivity contribution in [1.29, 1.82) is 0 Å². The van der Waals surface area contributed by atoms with Crippen molar-refractivity contribution in [2.45, 2.75) is 4.90 Å². The molecule has 1 heterocycles. The number of nitrogens with zero attached hydrogens (tertiary/aromatic N) is 1. The Morgan fingerprint density at radius 2 is 2.50 bits per heavy atom. The van der Waals surface area contributed by atoms with Crippen molar-refractivity contribution < 1.29 is 9.84 Å². The lowest BCUT2D eigenvalue weighted by Crippen LogP contribution is -1.91. The van der Waals surface area contributed by atoms with Gasteiger partial charge in [-0.3, -0.25) is 0 Å². The molecule has 0 radical (unpaired) electrons. The van der Waals surface area contributed by atoms with Crippen LogP contribution in [-0.2, 0) is 0 Å². The van der Waals surface area contributed by atoms with E-state index in [4.69, 9.17) is 9.84 Å². The smallest absolute Gasteiger partial charge is 0.227 e. The van der Waals surface area contributed by atoms with E-state index in [1.54, 1.807) is 13.3 Å². The summed E-state index contributed by atoms with van der Waals surface area (Å²) < 4.78 is 5.03. The Morgan fingerprint density at radius 3 is 3.17 bits per heavy atom. The maximum Gasteiger partial charge on any atom is 0.227 e. The molecule has 0 saturated heterocycles. The molecule has 1 aromatic rings. The predicted octanol–water partition coefficient (Wildman–Crippen LogP) is 1.17. The van der Waals surface area contributed by atoms with Crippen LogP contribution in [0.4, 0.5) is 0 Å². The van der Waals surface area contributed by atoms with Gasteiger partial charge >= 0.3 is 0 Å². The molecule has 3 nitrogen and oxygen atoms in total. The van der Waals surface area contributed by atoms with Crippen LogP contribution in [0.3, 0.4) is 0 Å². The molecular formula is C8H11NO2S. The maximum absolute atomic E-state index is 8.61. The van der Waals surface area contributed by atoms with Gasteiger partial charge in [-0.15, -0.1) is 11.8 Å². The first-order valence-corrected chi connectivity index (χ1v) is 4.59. The topological polar surface area (TPSA) is 42.4 Å². The van der Waals surface area contributed by atoms with Gasteiger partial charge in [0.05, 0.1) is 18.6 Å². The Bertz CT molecular complexity index is 242. The van der Waals surface area contributed by atoms with Crippen LogP contribution in [0.2, 0.25) is 0 Å². The van der Waals surface area contributed by atoms with Gasteiger partial charge in [0.25, 0.3) is 0 Å². The largest absolute Gasteiger partial charge is 0.480 e. The summed E-state index contributed by atoms with van der Waals surface area (Å²) in [7, 11) is 1.59. The van der Waals surface area contributed by atoms with Crippen molar-refractivity contribution in [1.82, 2.24) is 4.98 Å². The fourth-order valence-corrected chi connectivity index (χ4v) is 1.54. The molecule has 0 aliphatic rings. The third-order valence-corrected chi connectivity index (χ3v) is 2.29. The molecule has 1 rings (SSSR count). The fraction of sp³-hybridized carbons (Fsp3) is 0.375. The molecule has 12 heavy (non-hydrogen) atoms. The lowest BCUT2D eigenvalue weighted by molar-refractivity contribution is 0.322. The highest BCUT2D eigenvalue weighted by Gasteiger charge is 2.01. The fourth-order valence-electron chi connectivity index (χ4n) is 0.795. The van der Waals surface area contributed by atoms with Crippen LogP contribution in [-0.4, -0.2) is 29.6 Å². The number of methoxy groups -OCH3 is 1. The van der Waals surface area contributed by atoms with E-state index in [1.165, 1.54) is 11.8 Å². The lowest BCUT2D eigenvalue weighted by atomic mass is 10.5. The molecule has 0 unspecified atom stereocenters. The first-order chi connectivity index (χ1) is 5.88. The number of ether oxygens (including phenoxy) is 1. The summed E-state index contributed by atoms with van der Waals surface area (Å²) in [6.07, 6.45) is 1.68. The molecule has 4 heteroatoms. The summed E-state index contributed by atoms with van der Waals surface area (Å²) in [5.74, 6) is 1.29. The quantitative estimate of drug-likeness (QED) is 0.715. The first-order valence-electron chi connectivity index (χ1n) is 3.61. The summed E-state index contributed by atoms with van der Waals surface area (Å²) in [5, 5.41) is 8.61. The van der Waals surface area contributed by atoms with Gasteiger partial charge in [0.1, 0.15) is 0 Å². The molecule has 0 atom stereocenters. The molecule has 0 fully saturated rings. The number of aliphatic hydroxyl groups excluding tert-OH is 1. The van der Waals surface area contributed by atoms with Gasteiger partial charge < -0.3 is 9.84 Å². The standard InChI is InChI=1S/C8H11NO2S/c1-11-8-7(12-6-5-10)3-2-4-9-8/h2-4,10H,5-6H2,1H3. The van der Waals surface area contributed by atoms with Gasteiger partial charge in [-0.05, 0) is 12.1 Å². The second-order valence-corrected chi connectivity index (χ2v) is 3.22. The van der Waals surface area contributed by atoms with Crippen LogP contribution in [0.25, 0.3) is 0 Å². The van der Waals surface area contributed by atoms with Crippen molar-refractivity contribution >= 4 is 11.8 Å². The second-order valence-electron chi connectivity index (χ2n) is 2.08. The number of thioether (sulfide) groups is 1. The maximum atomic E-state index is 8.61. The molecular weight excluding hydrogens is 174 g/mol. The second kappa shape index (κ2) is 5.00. The highest BCUT2D eigenvalue weighted by molar-refractivity contribution is 7.99. The number of pyridine rings is 1. The van der Waals surface area contributed by atoms with Gasteiger partial charge in [0.15, 0.2) is 0 Å². The van der Waals surface area contributed by atoms with Crippen molar-refractivity contribution in [3.63, 3.8) is 0 Å². The van der Waals surface area contributed by atoms with Gasteiger partial charge in [-0.2, -0.15) is 0 Å². The Kier molecular flexibility index (Phi) is 3.90. The third kappa shape index (κ3) is 2.39. The molecule has 0 bridgehead atoms. The zero-order valence-electron chi connectivity index (χ0n) is 6.86. The van der Waals surface area contributed by atoms with Crippen LogP contribution in [0, 0.1) is 0 Å². The molecule has 0 spiro atoms. The van der Waals surface area contributed by atoms with Gasteiger partial charge in [-0.25, -0.2) is 4.98 Å². The zero-order chi connectivity index (χ0) is 8.81. The van der Waals surface area contributed by atoms with E-state index in [-0.39, 0.29) is 6.61 Å². The van der Waals surface area contributed by atoms with Crippen molar-refractivity contribution in [2.75, 3.05) is 19.5 Å². The Labute approximate surface area is 75.8 Å². The molecule has 1 aromatic heterocycles. The zero-order valence-corrected chi connectivity index (χ0v) is 7.67. The van der Waals surface area contributed by atoms with Crippen molar-refractivity contribution in [3.05, 3.63) is 18.3 Å². The van der Waals surface area contributed by atoms with E-state index in [9.17, 15) is 0 Å². The summed E-state index contributed by atoms with van der Waals surface area (Å²) in [5.41, 5.74) is 0. The Balaban J connectivity index is 2.68. The SMILES string of the molecule is COc1ncccc1SCCO. The number of aliphatic hydroxyl groups is 1. The molecule has 0 aliphatic heterocycles. The highest BCUT2D eigenvalue weighted by Crippen LogP contribution is 2.25. The lowest BCUT2D eigenvalue weighted by Gasteiger charge is -2.04. The third-order valence-electron chi connectivity index (χ3n) is 1.28. The van der Waals surface area contributed by atoms with Crippen LogP contribution in [0.5, 0.6) is 5.88 Å². The predicted molar refractivity (Wildman–Crippen MR) is 48.6 cm³/mol.